The summed E-state index contributed by atoms with van der Waals surface area (Å²) in [6.45, 7) is 1.92. The molecule has 1 heterocycles. The summed E-state index contributed by atoms with van der Waals surface area (Å²) in [7, 11) is 0. The molecule has 4 aromatic rings. The molecule has 0 bridgehead atoms. The maximum Gasteiger partial charge on any atom is 0.234 e. The number of hydrogen-bond acceptors (Lipinski definition) is 5. The first-order valence-electron chi connectivity index (χ1n) is 9.06. The van der Waals surface area contributed by atoms with Crippen LogP contribution in [0.25, 0.3) is 33.3 Å². The maximum absolute atomic E-state index is 12.3. The maximum atomic E-state index is 12.3. The molecule has 0 saturated heterocycles. The summed E-state index contributed by atoms with van der Waals surface area (Å²) < 4.78 is 0. The lowest BCUT2D eigenvalue weighted by molar-refractivity contribution is -0.113. The van der Waals surface area contributed by atoms with Gasteiger partial charge in [-0.1, -0.05) is 65.8 Å². The second-order valence-electron chi connectivity index (χ2n) is 6.80. The van der Waals surface area contributed by atoms with Crippen molar-refractivity contribution in [2.45, 2.75) is 12.1 Å². The zero-order valence-corrected chi connectivity index (χ0v) is 17.0. The highest BCUT2D eigenvalue weighted by Gasteiger charge is 2.25. The molecule has 1 amide bonds. The van der Waals surface area contributed by atoms with E-state index in [1.54, 1.807) is 6.07 Å². The van der Waals surface area contributed by atoms with Crippen molar-refractivity contribution in [2.24, 2.45) is 0 Å². The zero-order chi connectivity index (χ0) is 20.0. The van der Waals surface area contributed by atoms with Crippen LogP contribution in [0.5, 0.6) is 0 Å². The lowest BCUT2D eigenvalue weighted by Crippen LogP contribution is -2.14. The molecule has 0 spiro atoms. The van der Waals surface area contributed by atoms with Crippen LogP contribution in [0.2, 0.25) is 5.02 Å². The smallest absolute Gasteiger partial charge is 0.234 e. The number of aromatic nitrogens is 3. The van der Waals surface area contributed by atoms with Gasteiger partial charge >= 0.3 is 0 Å². The number of benzene rings is 3. The molecule has 0 fully saturated rings. The Morgan fingerprint density at radius 3 is 2.55 bits per heavy atom. The predicted octanol–water partition coefficient (Wildman–Crippen LogP) is 5.36. The molecule has 3 aromatic carbocycles. The van der Waals surface area contributed by atoms with Gasteiger partial charge in [0, 0.05) is 27.2 Å². The van der Waals surface area contributed by atoms with Crippen molar-refractivity contribution in [1.29, 1.82) is 0 Å². The van der Waals surface area contributed by atoms with Gasteiger partial charge in [-0.2, -0.15) is 0 Å². The molecule has 1 aliphatic rings. The molecule has 0 aliphatic heterocycles. The fourth-order valence-electron chi connectivity index (χ4n) is 3.47. The first-order valence-corrected chi connectivity index (χ1v) is 10.4. The van der Waals surface area contributed by atoms with E-state index in [1.807, 2.05) is 37.3 Å². The average Bonchev–Trinajstić information content (AvgIpc) is 3.05. The summed E-state index contributed by atoms with van der Waals surface area (Å²) in [5.41, 5.74) is 5.36. The largest absolute Gasteiger partial charge is 0.325 e. The molecule has 7 heteroatoms. The van der Waals surface area contributed by atoms with Crippen LogP contribution in [0, 0.1) is 6.92 Å². The second-order valence-corrected chi connectivity index (χ2v) is 8.15. The molecule has 0 saturated carbocycles. The summed E-state index contributed by atoms with van der Waals surface area (Å²) in [5.74, 6) is 0.0349. The van der Waals surface area contributed by atoms with Crippen molar-refractivity contribution >= 4 is 45.7 Å². The van der Waals surface area contributed by atoms with E-state index in [4.69, 9.17) is 11.6 Å². The van der Waals surface area contributed by atoms with Crippen molar-refractivity contribution in [3.05, 3.63) is 65.2 Å². The first kappa shape index (κ1) is 18.1. The van der Waals surface area contributed by atoms with Crippen molar-refractivity contribution in [1.82, 2.24) is 15.2 Å². The highest BCUT2D eigenvalue weighted by molar-refractivity contribution is 7.99. The molecule has 1 N–H and O–H groups in total. The van der Waals surface area contributed by atoms with Gasteiger partial charge in [-0.15, -0.1) is 10.2 Å². The van der Waals surface area contributed by atoms with Gasteiger partial charge in [0.2, 0.25) is 11.1 Å². The number of nitrogens with zero attached hydrogens (tertiary/aromatic N) is 3. The van der Waals surface area contributed by atoms with Crippen LogP contribution in [0.3, 0.4) is 0 Å². The monoisotopic (exact) mass is 418 g/mol. The Hall–Kier alpha value is -2.96. The van der Waals surface area contributed by atoms with Crippen LogP contribution >= 0.6 is 23.4 Å². The summed E-state index contributed by atoms with van der Waals surface area (Å²) in [6, 6.07) is 17.7. The van der Waals surface area contributed by atoms with Crippen molar-refractivity contribution in [3.8, 4) is 22.5 Å². The Morgan fingerprint density at radius 2 is 1.79 bits per heavy atom. The van der Waals surface area contributed by atoms with Crippen LogP contribution < -0.4 is 5.32 Å². The van der Waals surface area contributed by atoms with Gasteiger partial charge in [-0.05, 0) is 30.0 Å². The predicted molar refractivity (Wildman–Crippen MR) is 117 cm³/mol. The number of carbonyl (C=O) groups is 1. The number of halogens is 1. The van der Waals surface area contributed by atoms with E-state index in [2.05, 4.69) is 38.7 Å². The number of nitrogens with one attached hydrogen (secondary N) is 1. The zero-order valence-electron chi connectivity index (χ0n) is 15.4. The molecule has 1 aliphatic carbocycles. The van der Waals surface area contributed by atoms with Gasteiger partial charge in [0.25, 0.3) is 0 Å². The summed E-state index contributed by atoms with van der Waals surface area (Å²) >= 11 is 7.37. The van der Waals surface area contributed by atoms with Gasteiger partial charge in [0.15, 0.2) is 0 Å². The lowest BCUT2D eigenvalue weighted by Gasteiger charge is -2.07. The van der Waals surface area contributed by atoms with Gasteiger partial charge < -0.3 is 5.32 Å². The molecular formula is C22H15ClN4OS. The van der Waals surface area contributed by atoms with E-state index in [9.17, 15) is 4.79 Å². The molecule has 5 rings (SSSR count). The van der Waals surface area contributed by atoms with Crippen LogP contribution in [0.4, 0.5) is 5.69 Å². The van der Waals surface area contributed by atoms with Crippen LogP contribution in [0.15, 0.2) is 59.8 Å². The fraction of sp³-hybridized carbons (Fsp3) is 0.0909. The van der Waals surface area contributed by atoms with E-state index in [-0.39, 0.29) is 11.7 Å². The Balaban J connectivity index is 1.35. The first-order chi connectivity index (χ1) is 14.1. The number of aryl methyl sites for hydroxylation is 1. The topological polar surface area (TPSA) is 67.8 Å². The van der Waals surface area contributed by atoms with Gasteiger partial charge in [-0.3, -0.25) is 4.79 Å². The van der Waals surface area contributed by atoms with Crippen LogP contribution in [0.1, 0.15) is 5.56 Å². The van der Waals surface area contributed by atoms with Crippen molar-refractivity contribution < 1.29 is 4.79 Å². The molecular weight excluding hydrogens is 404 g/mol. The van der Waals surface area contributed by atoms with Gasteiger partial charge in [0.05, 0.1) is 5.75 Å². The van der Waals surface area contributed by atoms with Crippen LogP contribution in [-0.4, -0.2) is 26.8 Å². The van der Waals surface area contributed by atoms with E-state index in [0.29, 0.717) is 15.9 Å². The molecule has 5 nitrogen and oxygen atoms in total. The number of carbonyl (C=O) groups excluding carboxylic acids is 1. The number of fused-ring (bicyclic) bond motifs is 3. The minimum Gasteiger partial charge on any atom is -0.325 e. The number of hydrogen-bond donors (Lipinski definition) is 1. The fourth-order valence-corrected chi connectivity index (χ4v) is 4.24. The molecule has 29 heavy (non-hydrogen) atoms. The second kappa shape index (κ2) is 7.13. The normalized spacial score (nSPS) is 11.5. The minimum atomic E-state index is -0.149. The summed E-state index contributed by atoms with van der Waals surface area (Å²) in [6.07, 6.45) is 0. The van der Waals surface area contributed by atoms with Crippen molar-refractivity contribution in [3.63, 3.8) is 0 Å². The minimum absolute atomic E-state index is 0.149. The quantitative estimate of drug-likeness (QED) is 0.397. The third-order valence-electron chi connectivity index (χ3n) is 4.87. The molecule has 0 unspecified atom stereocenters. The van der Waals surface area contributed by atoms with Crippen LogP contribution in [-0.2, 0) is 4.79 Å². The molecule has 0 atom stereocenters. The van der Waals surface area contributed by atoms with Gasteiger partial charge in [0.1, 0.15) is 11.4 Å². The SMILES string of the molecule is Cc1ccc(NC(=O)CSc2nnc3c(n2)-c2cccc4cccc-3c24)cc1Cl. The standard InChI is InChI=1S/C22H15ClN4OS/c1-12-8-9-14(10-17(12)23)24-18(28)11-29-22-25-20-15-6-2-4-13-5-3-7-16(19(13)15)21(20)26-27-22/h2-10H,11H2,1H3,(H,24,28). The van der Waals surface area contributed by atoms with E-state index in [0.717, 1.165) is 38.9 Å². The highest BCUT2D eigenvalue weighted by atomic mass is 35.5. The number of amides is 1. The molecule has 0 radical (unpaired) electrons. The molecule has 142 valence electrons. The summed E-state index contributed by atoms with van der Waals surface area (Å²) in [5, 5.41) is 14.9. The highest BCUT2D eigenvalue weighted by Crippen LogP contribution is 2.44. The third kappa shape index (κ3) is 3.24. The number of anilines is 1. The Kier molecular flexibility index (Phi) is 4.45. The van der Waals surface area contributed by atoms with E-state index < -0.39 is 0 Å². The summed E-state index contributed by atoms with van der Waals surface area (Å²) in [4.78, 5) is 17.0. The number of thioether (sulfide) groups is 1. The van der Waals surface area contributed by atoms with Gasteiger partial charge in [-0.25, -0.2) is 4.98 Å². The lowest BCUT2D eigenvalue weighted by atomic mass is 10.0. The molecule has 1 aromatic heterocycles. The Labute approximate surface area is 176 Å². The Morgan fingerprint density at radius 1 is 1.03 bits per heavy atom. The van der Waals surface area contributed by atoms with Crippen molar-refractivity contribution in [2.75, 3.05) is 11.1 Å². The van der Waals surface area contributed by atoms with E-state index in [1.165, 1.54) is 11.8 Å². The third-order valence-corrected chi connectivity index (χ3v) is 6.12. The number of rotatable bonds is 4. The Bertz CT molecular complexity index is 1290. The van der Waals surface area contributed by atoms with E-state index >= 15 is 0 Å². The average molecular weight is 419 g/mol.